The summed E-state index contributed by atoms with van der Waals surface area (Å²) in [6, 6.07) is 8.21. The van der Waals surface area contributed by atoms with Gasteiger partial charge in [-0.05, 0) is 68.6 Å². The van der Waals surface area contributed by atoms with Crippen LogP contribution in [-0.2, 0) is 32.0 Å². The number of carbonyl (C=O) groups is 5. The summed E-state index contributed by atoms with van der Waals surface area (Å²) >= 11 is 0. The van der Waals surface area contributed by atoms with Crippen molar-refractivity contribution in [2.45, 2.75) is 37.8 Å². The van der Waals surface area contributed by atoms with E-state index in [1.54, 1.807) is 39.2 Å². The fourth-order valence-electron chi connectivity index (χ4n) is 7.11. The van der Waals surface area contributed by atoms with Crippen LogP contribution in [0.2, 0.25) is 0 Å². The summed E-state index contributed by atoms with van der Waals surface area (Å²) in [6.45, 7) is 2.05. The number of hydrogen-bond donors (Lipinski definition) is 3. The number of nitrogens with zero attached hydrogens (tertiary/aromatic N) is 2. The predicted octanol–water partition coefficient (Wildman–Crippen LogP) is 0.895. The topological polar surface area (TPSA) is 158 Å². The highest BCUT2D eigenvalue weighted by Gasteiger charge is 2.69. The normalized spacial score (nSPS) is 28.0. The van der Waals surface area contributed by atoms with Crippen LogP contribution in [0.1, 0.15) is 46.0 Å². The van der Waals surface area contributed by atoms with Gasteiger partial charge in [0.1, 0.15) is 5.75 Å². The fourth-order valence-corrected chi connectivity index (χ4v) is 7.11. The summed E-state index contributed by atoms with van der Waals surface area (Å²) in [5.41, 5.74) is 5.75. The lowest BCUT2D eigenvalue weighted by molar-refractivity contribution is -0.181. The van der Waals surface area contributed by atoms with E-state index in [0.29, 0.717) is 16.8 Å². The minimum absolute atomic E-state index is 0.00711. The lowest BCUT2D eigenvalue weighted by Crippen LogP contribution is -2.74. The SMILES string of the molecule is CCc1ccc(C#Cc2cc(N(C)C)c3c(c2O)C(=O)C2C(=O)[C@]4(O)C(=O)C(C(N)=O)C(=O)[C@@H](N(C)C)[C@@H]4C[C@@H]2C3)cc1. The molecule has 1 amide bonds. The molecule has 2 unspecified atom stereocenters. The molecule has 0 saturated heterocycles. The van der Waals surface area contributed by atoms with Crippen molar-refractivity contribution in [2.75, 3.05) is 33.1 Å². The molecule has 4 N–H and O–H groups in total. The van der Waals surface area contributed by atoms with E-state index in [2.05, 4.69) is 11.8 Å². The first kappa shape index (κ1) is 30.1. The zero-order chi connectivity index (χ0) is 31.5. The molecule has 43 heavy (non-hydrogen) atoms. The second kappa shape index (κ2) is 10.7. The molecule has 0 aromatic heterocycles. The molecular weight excluding hydrogens is 550 g/mol. The van der Waals surface area contributed by atoms with Crippen LogP contribution in [0.3, 0.4) is 0 Å². The van der Waals surface area contributed by atoms with Gasteiger partial charge in [0.15, 0.2) is 34.7 Å². The highest BCUT2D eigenvalue weighted by atomic mass is 16.3. The van der Waals surface area contributed by atoms with Crippen LogP contribution in [0.5, 0.6) is 5.75 Å². The van der Waals surface area contributed by atoms with Crippen molar-refractivity contribution in [1.82, 2.24) is 4.90 Å². The second-order valence-electron chi connectivity index (χ2n) is 12.1. The summed E-state index contributed by atoms with van der Waals surface area (Å²) in [4.78, 5) is 70.4. The average molecular weight is 586 g/mol. The number of aliphatic hydroxyl groups is 1. The quantitative estimate of drug-likeness (QED) is 0.350. The van der Waals surface area contributed by atoms with Crippen molar-refractivity contribution in [3.63, 3.8) is 0 Å². The minimum Gasteiger partial charge on any atom is -0.506 e. The van der Waals surface area contributed by atoms with E-state index in [4.69, 9.17) is 5.73 Å². The maximum Gasteiger partial charge on any atom is 0.235 e. The number of ketones is 4. The minimum atomic E-state index is -2.76. The summed E-state index contributed by atoms with van der Waals surface area (Å²) in [5, 5.41) is 23.1. The first-order valence-corrected chi connectivity index (χ1v) is 14.3. The number of nitrogens with two attached hydrogens (primary N) is 1. The third-order valence-electron chi connectivity index (χ3n) is 9.22. The van der Waals surface area contributed by atoms with E-state index in [-0.39, 0.29) is 29.7 Å². The molecule has 224 valence electrons. The third kappa shape index (κ3) is 4.55. The Morgan fingerprint density at radius 2 is 1.70 bits per heavy atom. The molecule has 6 atom stereocenters. The van der Waals surface area contributed by atoms with Crippen molar-refractivity contribution in [3.8, 4) is 17.6 Å². The number of likely N-dealkylation sites (N-methyl/N-ethyl adjacent to an activating group) is 1. The van der Waals surface area contributed by atoms with Gasteiger partial charge >= 0.3 is 0 Å². The third-order valence-corrected chi connectivity index (χ3v) is 9.22. The number of phenols is 1. The van der Waals surface area contributed by atoms with Crippen LogP contribution in [0.15, 0.2) is 30.3 Å². The van der Waals surface area contributed by atoms with Gasteiger partial charge in [0.2, 0.25) is 5.91 Å². The monoisotopic (exact) mass is 585 g/mol. The molecule has 3 aliphatic rings. The summed E-state index contributed by atoms with van der Waals surface area (Å²) < 4.78 is 0. The maximum atomic E-state index is 14.1. The van der Waals surface area contributed by atoms with Crippen molar-refractivity contribution in [3.05, 3.63) is 58.1 Å². The fraction of sp³-hybridized carbons (Fsp3) is 0.424. The van der Waals surface area contributed by atoms with E-state index in [9.17, 15) is 34.2 Å². The van der Waals surface area contributed by atoms with Gasteiger partial charge in [-0.1, -0.05) is 30.9 Å². The molecule has 2 fully saturated rings. The molecule has 0 radical (unpaired) electrons. The number of carbonyl (C=O) groups excluding carboxylic acids is 5. The highest BCUT2D eigenvalue weighted by Crippen LogP contribution is 2.52. The van der Waals surface area contributed by atoms with Gasteiger partial charge in [-0.3, -0.25) is 28.9 Å². The molecule has 0 aliphatic heterocycles. The Morgan fingerprint density at radius 1 is 1.05 bits per heavy atom. The van der Waals surface area contributed by atoms with Gasteiger partial charge in [-0.25, -0.2) is 0 Å². The van der Waals surface area contributed by atoms with Crippen LogP contribution in [-0.4, -0.2) is 84.0 Å². The number of fused-ring (bicyclic) bond motifs is 3. The number of rotatable bonds is 4. The number of Topliss-reactive ketones (excluding diaryl/α,β-unsaturated/α-hetero) is 4. The lowest BCUT2D eigenvalue weighted by Gasteiger charge is -2.52. The Bertz CT molecular complexity index is 1630. The van der Waals surface area contributed by atoms with Gasteiger partial charge in [-0.2, -0.15) is 0 Å². The first-order chi connectivity index (χ1) is 20.2. The second-order valence-corrected chi connectivity index (χ2v) is 12.1. The highest BCUT2D eigenvalue weighted by molar-refractivity contribution is 6.32. The number of amides is 1. The molecular formula is C33H35N3O7. The van der Waals surface area contributed by atoms with Crippen LogP contribution >= 0.6 is 0 Å². The molecule has 10 nitrogen and oxygen atoms in total. The Balaban J connectivity index is 1.63. The molecule has 10 heteroatoms. The summed E-state index contributed by atoms with van der Waals surface area (Å²) in [5.74, 6) is -4.84. The van der Waals surface area contributed by atoms with Crippen LogP contribution < -0.4 is 10.6 Å². The average Bonchev–Trinajstić information content (AvgIpc) is 2.94. The lowest BCUT2D eigenvalue weighted by atomic mass is 9.52. The molecule has 5 rings (SSSR count). The van der Waals surface area contributed by atoms with Crippen molar-refractivity contribution in [2.24, 2.45) is 29.4 Å². The molecule has 0 spiro atoms. The van der Waals surface area contributed by atoms with E-state index >= 15 is 0 Å². The molecule has 0 heterocycles. The van der Waals surface area contributed by atoms with Gasteiger partial charge in [-0.15, -0.1) is 0 Å². The van der Waals surface area contributed by atoms with Crippen LogP contribution in [0, 0.1) is 35.5 Å². The van der Waals surface area contributed by atoms with Gasteiger partial charge in [0.25, 0.3) is 0 Å². The van der Waals surface area contributed by atoms with E-state index < -0.39 is 64.4 Å². The Labute approximate surface area is 249 Å². The van der Waals surface area contributed by atoms with E-state index in [0.717, 1.165) is 12.0 Å². The molecule has 2 aromatic carbocycles. The Hall–Kier alpha value is -4.33. The summed E-state index contributed by atoms with van der Waals surface area (Å²) in [6.07, 6.45) is 1.05. The smallest absolute Gasteiger partial charge is 0.235 e. The Morgan fingerprint density at radius 3 is 2.26 bits per heavy atom. The molecule has 2 aromatic rings. The number of aromatic hydroxyl groups is 1. The predicted molar refractivity (Wildman–Crippen MR) is 157 cm³/mol. The standard InChI is InChI=1S/C33H35N3O7/c1-6-16-7-9-17(10-8-16)11-12-18-15-22(35(2)3)20-13-19-14-21-26(36(4)5)29(39)25(32(34)42)31(41)33(21,43)30(40)23(19)28(38)24(20)27(18)37/h7-10,15,19,21,23,25-26,37,43H,6,13-14H2,1-5H3,(H2,34,42)/t19-,21-,23?,25?,26-,33-/m0/s1. The van der Waals surface area contributed by atoms with Crippen LogP contribution in [0.25, 0.3) is 0 Å². The van der Waals surface area contributed by atoms with E-state index in [1.165, 1.54) is 4.90 Å². The number of benzene rings is 2. The number of primary amides is 1. The van der Waals surface area contributed by atoms with Crippen molar-refractivity contribution < 1.29 is 34.2 Å². The number of hydrogen-bond acceptors (Lipinski definition) is 9. The molecule has 3 aliphatic carbocycles. The van der Waals surface area contributed by atoms with Crippen LogP contribution in [0.4, 0.5) is 5.69 Å². The molecule has 2 saturated carbocycles. The number of phenolic OH excluding ortho intramolecular Hbond substituents is 1. The van der Waals surface area contributed by atoms with Gasteiger partial charge < -0.3 is 20.8 Å². The largest absolute Gasteiger partial charge is 0.506 e. The molecule has 0 bridgehead atoms. The first-order valence-electron chi connectivity index (χ1n) is 14.3. The number of anilines is 1. The van der Waals surface area contributed by atoms with Crippen molar-refractivity contribution >= 4 is 34.7 Å². The van der Waals surface area contributed by atoms with Crippen molar-refractivity contribution in [1.29, 1.82) is 0 Å². The zero-order valence-corrected chi connectivity index (χ0v) is 24.8. The zero-order valence-electron chi connectivity index (χ0n) is 24.8. The Kier molecular flexibility index (Phi) is 7.53. The maximum absolute atomic E-state index is 14.1. The summed E-state index contributed by atoms with van der Waals surface area (Å²) in [7, 11) is 6.69. The number of aryl methyl sites for hydroxylation is 1. The van der Waals surface area contributed by atoms with Gasteiger partial charge in [0.05, 0.1) is 23.1 Å². The van der Waals surface area contributed by atoms with Gasteiger partial charge in [0, 0.05) is 31.3 Å². The van der Waals surface area contributed by atoms with E-state index in [1.807, 2.05) is 31.2 Å².